The van der Waals surface area contributed by atoms with Crippen LogP contribution in [0.25, 0.3) is 0 Å². The number of aromatic nitrogens is 3. The first kappa shape index (κ1) is 16.3. The Morgan fingerprint density at radius 2 is 2.08 bits per heavy atom. The van der Waals surface area contributed by atoms with Crippen molar-refractivity contribution in [1.29, 1.82) is 0 Å². The minimum absolute atomic E-state index is 0.182. The van der Waals surface area contributed by atoms with Gasteiger partial charge in [-0.3, -0.25) is 0 Å². The van der Waals surface area contributed by atoms with Gasteiger partial charge in [-0.05, 0) is 42.3 Å². The highest BCUT2D eigenvalue weighted by atomic mass is 79.9. The van der Waals surface area contributed by atoms with E-state index < -0.39 is 0 Å². The molecular formula is C19H19BrN4O. The van der Waals surface area contributed by atoms with Crippen molar-refractivity contribution in [3.8, 4) is 0 Å². The number of nitrogens with zero attached hydrogens (tertiary/aromatic N) is 4. The second-order valence-electron chi connectivity index (χ2n) is 6.23. The Hall–Kier alpha value is -2.18. The second kappa shape index (κ2) is 6.98. The van der Waals surface area contributed by atoms with E-state index in [4.69, 9.17) is 4.74 Å². The number of rotatable bonds is 4. The molecule has 3 aromatic rings. The molecule has 0 spiro atoms. The zero-order valence-corrected chi connectivity index (χ0v) is 15.6. The maximum absolute atomic E-state index is 5.93. The van der Waals surface area contributed by atoms with Crippen molar-refractivity contribution in [2.24, 2.45) is 0 Å². The lowest BCUT2D eigenvalue weighted by Crippen LogP contribution is -2.23. The fourth-order valence-electron chi connectivity index (χ4n) is 3.11. The van der Waals surface area contributed by atoms with E-state index in [1.165, 1.54) is 11.1 Å². The van der Waals surface area contributed by atoms with Gasteiger partial charge in [0.25, 0.3) is 0 Å². The fourth-order valence-corrected chi connectivity index (χ4v) is 3.56. The number of hydrogen-bond donors (Lipinski definition) is 0. The number of hydrogen-bond acceptors (Lipinski definition) is 4. The lowest BCUT2D eigenvalue weighted by Gasteiger charge is -2.23. The van der Waals surface area contributed by atoms with Crippen molar-refractivity contribution in [3.05, 3.63) is 76.0 Å². The first-order valence-corrected chi connectivity index (χ1v) is 9.08. The molecule has 1 aliphatic heterocycles. The Kier molecular flexibility index (Phi) is 4.55. The summed E-state index contributed by atoms with van der Waals surface area (Å²) in [5.41, 5.74) is 4.41. The molecule has 0 unspecified atom stereocenters. The van der Waals surface area contributed by atoms with E-state index in [9.17, 15) is 0 Å². The molecule has 1 aliphatic rings. The monoisotopic (exact) mass is 398 g/mol. The minimum Gasteiger partial charge on any atom is -0.350 e. The number of benzene rings is 2. The van der Waals surface area contributed by atoms with Gasteiger partial charge in [-0.15, -0.1) is 5.10 Å². The number of ether oxygens (including phenoxy) is 1. The lowest BCUT2D eigenvalue weighted by atomic mass is 10.2. The van der Waals surface area contributed by atoms with Crippen molar-refractivity contribution in [1.82, 2.24) is 15.0 Å². The average Bonchev–Trinajstić information content (AvgIpc) is 3.23. The molecule has 6 heteroatoms. The SMILES string of the molecule is Cc1cccc(N2CCO[C@@H]2c2cn(Cc3cccc(Br)c3)nn2)c1. The van der Waals surface area contributed by atoms with Crippen LogP contribution in [0.1, 0.15) is 23.0 Å². The summed E-state index contributed by atoms with van der Waals surface area (Å²) in [5.74, 6) is 0. The van der Waals surface area contributed by atoms with Gasteiger partial charge in [0.1, 0.15) is 5.69 Å². The third-order valence-corrected chi connectivity index (χ3v) is 4.76. The van der Waals surface area contributed by atoms with E-state index in [-0.39, 0.29) is 6.23 Å². The van der Waals surface area contributed by atoms with Gasteiger partial charge in [-0.1, -0.05) is 45.4 Å². The number of halogens is 1. The summed E-state index contributed by atoms with van der Waals surface area (Å²) in [5, 5.41) is 8.63. The summed E-state index contributed by atoms with van der Waals surface area (Å²) < 4.78 is 8.85. The molecule has 4 rings (SSSR count). The van der Waals surface area contributed by atoms with Crippen molar-refractivity contribution in [2.75, 3.05) is 18.1 Å². The summed E-state index contributed by atoms with van der Waals surface area (Å²) in [4.78, 5) is 2.24. The van der Waals surface area contributed by atoms with E-state index in [2.05, 4.69) is 74.5 Å². The highest BCUT2D eigenvalue weighted by molar-refractivity contribution is 9.10. The quantitative estimate of drug-likeness (QED) is 0.667. The van der Waals surface area contributed by atoms with Crippen LogP contribution in [0, 0.1) is 6.92 Å². The third-order valence-electron chi connectivity index (χ3n) is 4.27. The van der Waals surface area contributed by atoms with Gasteiger partial charge in [0.15, 0.2) is 6.23 Å². The molecule has 1 atom stereocenters. The first-order valence-electron chi connectivity index (χ1n) is 8.28. The molecule has 0 aliphatic carbocycles. The van der Waals surface area contributed by atoms with Crippen molar-refractivity contribution in [3.63, 3.8) is 0 Å². The van der Waals surface area contributed by atoms with Crippen LogP contribution in [0.2, 0.25) is 0 Å². The molecule has 0 saturated carbocycles. The first-order chi connectivity index (χ1) is 12.2. The molecule has 25 heavy (non-hydrogen) atoms. The molecule has 5 nitrogen and oxygen atoms in total. The molecular weight excluding hydrogens is 380 g/mol. The van der Waals surface area contributed by atoms with Gasteiger partial charge in [0.2, 0.25) is 0 Å². The zero-order chi connectivity index (χ0) is 17.2. The largest absolute Gasteiger partial charge is 0.350 e. The van der Waals surface area contributed by atoms with Crippen LogP contribution >= 0.6 is 15.9 Å². The molecule has 0 radical (unpaired) electrons. The Balaban J connectivity index is 1.54. The highest BCUT2D eigenvalue weighted by Gasteiger charge is 2.29. The minimum atomic E-state index is -0.182. The topological polar surface area (TPSA) is 43.2 Å². The molecule has 1 fully saturated rings. The maximum atomic E-state index is 5.93. The van der Waals surface area contributed by atoms with E-state index in [0.717, 1.165) is 22.4 Å². The van der Waals surface area contributed by atoms with Crippen LogP contribution in [-0.2, 0) is 11.3 Å². The standard InChI is InChI=1S/C19H19BrN4O/c1-14-4-2-7-17(10-14)24-8-9-25-19(24)18-13-23(22-21-18)12-15-5-3-6-16(20)11-15/h2-7,10-11,13,19H,8-9,12H2,1H3/t19-/m1/s1. The fraction of sp³-hybridized carbons (Fsp3) is 0.263. The molecule has 1 saturated heterocycles. The maximum Gasteiger partial charge on any atom is 0.177 e. The molecule has 1 aromatic heterocycles. The Bertz CT molecular complexity index is 879. The van der Waals surface area contributed by atoms with E-state index in [1.54, 1.807) is 0 Å². The van der Waals surface area contributed by atoms with E-state index in [1.807, 2.05) is 23.0 Å². The van der Waals surface area contributed by atoms with Crippen molar-refractivity contribution < 1.29 is 4.74 Å². The normalized spacial score (nSPS) is 17.2. The van der Waals surface area contributed by atoms with Crippen LogP contribution in [0.4, 0.5) is 5.69 Å². The van der Waals surface area contributed by atoms with Crippen molar-refractivity contribution >= 4 is 21.6 Å². The summed E-state index contributed by atoms with van der Waals surface area (Å²) in [6.45, 7) is 4.33. The van der Waals surface area contributed by atoms with Gasteiger partial charge < -0.3 is 9.64 Å². The molecule has 0 bridgehead atoms. The third kappa shape index (κ3) is 3.60. The predicted octanol–water partition coefficient (Wildman–Crippen LogP) is 3.93. The second-order valence-corrected chi connectivity index (χ2v) is 7.14. The van der Waals surface area contributed by atoms with Crippen LogP contribution in [0.5, 0.6) is 0 Å². The van der Waals surface area contributed by atoms with E-state index in [0.29, 0.717) is 13.2 Å². The molecule has 2 aromatic carbocycles. The van der Waals surface area contributed by atoms with Gasteiger partial charge in [-0.25, -0.2) is 4.68 Å². The van der Waals surface area contributed by atoms with Gasteiger partial charge in [0.05, 0.1) is 19.3 Å². The summed E-state index contributed by atoms with van der Waals surface area (Å²) >= 11 is 3.50. The van der Waals surface area contributed by atoms with Crippen LogP contribution in [0.3, 0.4) is 0 Å². The Morgan fingerprint density at radius 3 is 2.92 bits per heavy atom. The smallest absolute Gasteiger partial charge is 0.177 e. The van der Waals surface area contributed by atoms with Gasteiger partial charge in [0, 0.05) is 16.7 Å². The summed E-state index contributed by atoms with van der Waals surface area (Å²) in [6.07, 6.45) is 1.79. The Morgan fingerprint density at radius 1 is 1.20 bits per heavy atom. The summed E-state index contributed by atoms with van der Waals surface area (Å²) in [6, 6.07) is 16.7. The average molecular weight is 399 g/mol. The van der Waals surface area contributed by atoms with E-state index >= 15 is 0 Å². The number of anilines is 1. The van der Waals surface area contributed by atoms with Crippen LogP contribution in [-0.4, -0.2) is 28.1 Å². The van der Waals surface area contributed by atoms with Crippen molar-refractivity contribution in [2.45, 2.75) is 19.7 Å². The molecule has 2 heterocycles. The van der Waals surface area contributed by atoms with Crippen LogP contribution in [0.15, 0.2) is 59.2 Å². The highest BCUT2D eigenvalue weighted by Crippen LogP contribution is 2.31. The lowest BCUT2D eigenvalue weighted by molar-refractivity contribution is 0.110. The van der Waals surface area contributed by atoms with Crippen LogP contribution < -0.4 is 4.90 Å². The predicted molar refractivity (Wildman–Crippen MR) is 100 cm³/mol. The molecule has 0 N–H and O–H groups in total. The zero-order valence-electron chi connectivity index (χ0n) is 14.0. The molecule has 0 amide bonds. The molecule has 128 valence electrons. The summed E-state index contributed by atoms with van der Waals surface area (Å²) in [7, 11) is 0. The Labute approximate surface area is 155 Å². The number of aryl methyl sites for hydroxylation is 1. The van der Waals surface area contributed by atoms with Gasteiger partial charge in [-0.2, -0.15) is 0 Å². The van der Waals surface area contributed by atoms with Gasteiger partial charge >= 0.3 is 0 Å².